The van der Waals surface area contributed by atoms with Crippen LogP contribution in [0.4, 0.5) is 4.39 Å². The molecule has 0 spiro atoms. The fraction of sp³-hybridized carbons (Fsp3) is 0.538. The van der Waals surface area contributed by atoms with Crippen molar-refractivity contribution in [1.82, 2.24) is 0 Å². The molecule has 1 aromatic rings. The molecule has 94 valence electrons. The van der Waals surface area contributed by atoms with Gasteiger partial charge in [-0.25, -0.2) is 4.39 Å². The van der Waals surface area contributed by atoms with Crippen LogP contribution in [0.5, 0.6) is 0 Å². The van der Waals surface area contributed by atoms with Gasteiger partial charge < -0.3 is 15.2 Å². The minimum atomic E-state index is -0.271. The Hall–Kier alpha value is -0.970. The Morgan fingerprint density at radius 3 is 2.47 bits per heavy atom. The van der Waals surface area contributed by atoms with E-state index >= 15 is 0 Å². The fourth-order valence-corrected chi connectivity index (χ4v) is 1.97. The summed E-state index contributed by atoms with van der Waals surface area (Å²) in [5.74, 6) is -0.228. The van der Waals surface area contributed by atoms with Crippen LogP contribution in [0.1, 0.15) is 18.4 Å². The van der Waals surface area contributed by atoms with Gasteiger partial charge in [-0.15, -0.1) is 0 Å². The van der Waals surface area contributed by atoms with Crippen LogP contribution in [0.15, 0.2) is 24.3 Å². The summed E-state index contributed by atoms with van der Waals surface area (Å²) < 4.78 is 24.0. The van der Waals surface area contributed by atoms with E-state index in [2.05, 4.69) is 0 Å². The van der Waals surface area contributed by atoms with Gasteiger partial charge in [-0.05, 0) is 17.7 Å². The molecule has 0 aliphatic carbocycles. The molecule has 0 unspecified atom stereocenters. The topological polar surface area (TPSA) is 44.5 Å². The third-order valence-electron chi connectivity index (χ3n) is 3.23. The minimum absolute atomic E-state index is 0.228. The van der Waals surface area contributed by atoms with Crippen LogP contribution >= 0.6 is 0 Å². The molecule has 0 saturated carbocycles. The molecule has 0 atom stereocenters. The maximum absolute atomic E-state index is 12.7. The Kier molecular flexibility index (Phi) is 4.10. The van der Waals surface area contributed by atoms with Crippen LogP contribution in [0.2, 0.25) is 0 Å². The molecule has 1 aliphatic rings. The zero-order valence-electron chi connectivity index (χ0n) is 9.82. The van der Waals surface area contributed by atoms with E-state index in [0.717, 1.165) is 18.4 Å². The highest BCUT2D eigenvalue weighted by Gasteiger charge is 2.32. The molecule has 1 heterocycles. The van der Waals surface area contributed by atoms with Crippen LogP contribution in [-0.4, -0.2) is 25.4 Å². The number of halogens is 1. The average molecular weight is 239 g/mol. The molecule has 4 heteroatoms. The Morgan fingerprint density at radius 2 is 1.88 bits per heavy atom. The number of hydrogen-bond acceptors (Lipinski definition) is 3. The van der Waals surface area contributed by atoms with Gasteiger partial charge in [-0.1, -0.05) is 12.1 Å². The third-order valence-corrected chi connectivity index (χ3v) is 3.23. The number of benzene rings is 1. The minimum Gasteiger partial charge on any atom is -0.381 e. The second kappa shape index (κ2) is 5.58. The van der Waals surface area contributed by atoms with Crippen molar-refractivity contribution < 1.29 is 13.9 Å². The molecule has 1 aromatic carbocycles. The van der Waals surface area contributed by atoms with Crippen molar-refractivity contribution in [2.24, 2.45) is 5.73 Å². The van der Waals surface area contributed by atoms with E-state index in [4.69, 9.17) is 15.2 Å². The van der Waals surface area contributed by atoms with Crippen LogP contribution < -0.4 is 5.73 Å². The average Bonchev–Trinajstić information content (AvgIpc) is 2.39. The Balaban J connectivity index is 1.93. The highest BCUT2D eigenvalue weighted by Crippen LogP contribution is 2.25. The third kappa shape index (κ3) is 3.25. The summed E-state index contributed by atoms with van der Waals surface area (Å²) in [7, 11) is 0. The molecule has 1 fully saturated rings. The van der Waals surface area contributed by atoms with Crippen LogP contribution in [0, 0.1) is 5.82 Å². The molecule has 0 aromatic heterocycles. The SMILES string of the molecule is NCC1(OCc2ccc(F)cc2)CCOCC1. The number of ether oxygens (including phenoxy) is 2. The van der Waals surface area contributed by atoms with Gasteiger partial charge in [0.25, 0.3) is 0 Å². The monoisotopic (exact) mass is 239 g/mol. The maximum Gasteiger partial charge on any atom is 0.123 e. The first-order valence-corrected chi connectivity index (χ1v) is 5.90. The zero-order chi connectivity index (χ0) is 12.1. The molecule has 0 amide bonds. The van der Waals surface area contributed by atoms with E-state index in [-0.39, 0.29) is 11.4 Å². The molecule has 1 saturated heterocycles. The molecular weight excluding hydrogens is 221 g/mol. The van der Waals surface area contributed by atoms with Crippen molar-refractivity contribution in [3.05, 3.63) is 35.6 Å². The Morgan fingerprint density at radius 1 is 1.24 bits per heavy atom. The summed E-state index contributed by atoms with van der Waals surface area (Å²) >= 11 is 0. The van der Waals surface area contributed by atoms with Crippen molar-refractivity contribution in [2.75, 3.05) is 19.8 Å². The molecule has 1 aliphatic heterocycles. The molecule has 17 heavy (non-hydrogen) atoms. The van der Waals surface area contributed by atoms with Crippen molar-refractivity contribution in [1.29, 1.82) is 0 Å². The van der Waals surface area contributed by atoms with Gasteiger partial charge in [0.05, 0.1) is 12.2 Å². The van der Waals surface area contributed by atoms with Crippen molar-refractivity contribution in [2.45, 2.75) is 25.0 Å². The van der Waals surface area contributed by atoms with Gasteiger partial charge in [0.2, 0.25) is 0 Å². The smallest absolute Gasteiger partial charge is 0.123 e. The van der Waals surface area contributed by atoms with Crippen molar-refractivity contribution >= 4 is 0 Å². The largest absolute Gasteiger partial charge is 0.381 e. The standard InChI is InChI=1S/C13H18FNO2/c14-12-3-1-11(2-4-12)9-17-13(10-15)5-7-16-8-6-13/h1-4H,5-10,15H2. The summed E-state index contributed by atoms with van der Waals surface area (Å²) in [6.07, 6.45) is 1.65. The van der Waals surface area contributed by atoms with E-state index in [1.54, 1.807) is 12.1 Å². The fourth-order valence-electron chi connectivity index (χ4n) is 1.97. The van der Waals surface area contributed by atoms with Crippen LogP contribution in [0.25, 0.3) is 0 Å². The number of rotatable bonds is 4. The van der Waals surface area contributed by atoms with Gasteiger partial charge >= 0.3 is 0 Å². The molecule has 0 radical (unpaired) electrons. The maximum atomic E-state index is 12.7. The highest BCUT2D eigenvalue weighted by molar-refractivity contribution is 5.15. The summed E-state index contributed by atoms with van der Waals surface area (Å²) in [6.45, 7) is 2.36. The molecular formula is C13H18FNO2. The first-order valence-electron chi connectivity index (χ1n) is 5.90. The van der Waals surface area contributed by atoms with E-state index < -0.39 is 0 Å². The van der Waals surface area contributed by atoms with Crippen LogP contribution in [-0.2, 0) is 16.1 Å². The lowest BCUT2D eigenvalue weighted by molar-refractivity contribution is -0.112. The predicted octanol–water partition coefficient (Wildman–Crippen LogP) is 1.85. The van der Waals surface area contributed by atoms with Gasteiger partial charge in [0, 0.05) is 32.6 Å². The van der Waals surface area contributed by atoms with Gasteiger partial charge in [-0.3, -0.25) is 0 Å². The van der Waals surface area contributed by atoms with Crippen molar-refractivity contribution in [3.8, 4) is 0 Å². The molecule has 3 nitrogen and oxygen atoms in total. The van der Waals surface area contributed by atoms with Gasteiger partial charge in [0.1, 0.15) is 5.82 Å². The Bertz CT molecular complexity index is 347. The van der Waals surface area contributed by atoms with E-state index in [1.807, 2.05) is 0 Å². The predicted molar refractivity (Wildman–Crippen MR) is 63.0 cm³/mol. The lowest BCUT2D eigenvalue weighted by atomic mass is 9.94. The number of hydrogen-bond donors (Lipinski definition) is 1. The second-order valence-electron chi connectivity index (χ2n) is 4.41. The molecule has 0 bridgehead atoms. The molecule has 2 N–H and O–H groups in total. The summed E-state index contributed by atoms with van der Waals surface area (Å²) in [4.78, 5) is 0. The van der Waals surface area contributed by atoms with Gasteiger partial charge in [-0.2, -0.15) is 0 Å². The van der Waals surface area contributed by atoms with Gasteiger partial charge in [0.15, 0.2) is 0 Å². The zero-order valence-corrected chi connectivity index (χ0v) is 9.82. The summed E-state index contributed by atoms with van der Waals surface area (Å²) in [5.41, 5.74) is 6.48. The molecule has 2 rings (SSSR count). The first-order chi connectivity index (χ1) is 8.24. The quantitative estimate of drug-likeness (QED) is 0.872. The van der Waals surface area contributed by atoms with E-state index in [1.165, 1.54) is 12.1 Å². The van der Waals surface area contributed by atoms with Crippen molar-refractivity contribution in [3.63, 3.8) is 0 Å². The van der Waals surface area contributed by atoms with E-state index in [0.29, 0.717) is 26.4 Å². The van der Waals surface area contributed by atoms with Crippen LogP contribution in [0.3, 0.4) is 0 Å². The Labute approximate surface area is 101 Å². The first kappa shape index (κ1) is 12.5. The number of nitrogens with two attached hydrogens (primary N) is 1. The summed E-state index contributed by atoms with van der Waals surface area (Å²) in [5, 5.41) is 0. The highest BCUT2D eigenvalue weighted by atomic mass is 19.1. The lowest BCUT2D eigenvalue weighted by Gasteiger charge is -2.36. The normalized spacial score (nSPS) is 19.2. The lowest BCUT2D eigenvalue weighted by Crippen LogP contribution is -2.45. The second-order valence-corrected chi connectivity index (χ2v) is 4.41. The summed E-state index contributed by atoms with van der Waals surface area (Å²) in [6, 6.07) is 6.35. The van der Waals surface area contributed by atoms with E-state index in [9.17, 15) is 4.39 Å².